The molecule has 146 valence electrons. The van der Waals surface area contributed by atoms with Crippen molar-refractivity contribution in [2.45, 2.75) is 13.1 Å². The standard InChI is InChI=1S/C18H14F3N3O4/c1-2-26-17(25)11-9-22-24-15(18(19,20)21)8-12(23-16(11)24)10-3-4-13-14(7-10)28-6-5-27-13/h3-4,7-9H,2,5-6H2,1H3. The molecule has 10 heteroatoms. The van der Waals surface area contributed by atoms with Crippen molar-refractivity contribution in [2.24, 2.45) is 0 Å². The molecule has 0 aliphatic carbocycles. The van der Waals surface area contributed by atoms with Crippen LogP contribution in [0.3, 0.4) is 0 Å². The third kappa shape index (κ3) is 3.10. The van der Waals surface area contributed by atoms with Crippen LogP contribution in [0.2, 0.25) is 0 Å². The van der Waals surface area contributed by atoms with Gasteiger partial charge >= 0.3 is 12.1 Å². The maximum Gasteiger partial charge on any atom is 0.433 e. The van der Waals surface area contributed by atoms with E-state index in [1.807, 2.05) is 0 Å². The van der Waals surface area contributed by atoms with Crippen LogP contribution in [0.1, 0.15) is 23.0 Å². The first kappa shape index (κ1) is 18.1. The molecular formula is C18H14F3N3O4. The second-order valence-corrected chi connectivity index (χ2v) is 5.90. The van der Waals surface area contributed by atoms with Crippen LogP contribution in [0.5, 0.6) is 11.5 Å². The Morgan fingerprint density at radius 3 is 2.68 bits per heavy atom. The Labute approximate surface area is 156 Å². The van der Waals surface area contributed by atoms with E-state index in [0.29, 0.717) is 34.8 Å². The molecule has 0 N–H and O–H groups in total. The van der Waals surface area contributed by atoms with E-state index in [4.69, 9.17) is 14.2 Å². The highest BCUT2D eigenvalue weighted by Crippen LogP contribution is 2.36. The lowest BCUT2D eigenvalue weighted by molar-refractivity contribution is -0.142. The van der Waals surface area contributed by atoms with Crippen LogP contribution in [-0.4, -0.2) is 40.4 Å². The number of benzene rings is 1. The van der Waals surface area contributed by atoms with E-state index < -0.39 is 17.8 Å². The van der Waals surface area contributed by atoms with Gasteiger partial charge in [0, 0.05) is 5.56 Å². The Morgan fingerprint density at radius 1 is 1.21 bits per heavy atom. The number of halogens is 3. The van der Waals surface area contributed by atoms with Crippen LogP contribution in [-0.2, 0) is 10.9 Å². The van der Waals surface area contributed by atoms with E-state index in [1.54, 1.807) is 25.1 Å². The summed E-state index contributed by atoms with van der Waals surface area (Å²) in [5.74, 6) is 0.124. The molecule has 0 saturated carbocycles. The summed E-state index contributed by atoms with van der Waals surface area (Å²) >= 11 is 0. The normalized spacial score (nSPS) is 13.6. The monoisotopic (exact) mass is 393 g/mol. The summed E-state index contributed by atoms with van der Waals surface area (Å²) in [6, 6.07) is 5.60. The molecule has 1 aromatic carbocycles. The molecular weight excluding hydrogens is 379 g/mol. The van der Waals surface area contributed by atoms with Crippen LogP contribution >= 0.6 is 0 Å². The van der Waals surface area contributed by atoms with Gasteiger partial charge in [0.1, 0.15) is 18.8 Å². The third-order valence-corrected chi connectivity index (χ3v) is 4.10. The van der Waals surface area contributed by atoms with Crippen molar-refractivity contribution in [2.75, 3.05) is 19.8 Å². The van der Waals surface area contributed by atoms with Crippen molar-refractivity contribution < 1.29 is 32.2 Å². The highest BCUT2D eigenvalue weighted by Gasteiger charge is 2.36. The summed E-state index contributed by atoms with van der Waals surface area (Å²) in [4.78, 5) is 16.3. The van der Waals surface area contributed by atoms with Gasteiger partial charge in [-0.05, 0) is 31.2 Å². The molecule has 3 aromatic rings. The van der Waals surface area contributed by atoms with Crippen molar-refractivity contribution in [1.82, 2.24) is 14.6 Å². The minimum atomic E-state index is -4.71. The summed E-state index contributed by atoms with van der Waals surface area (Å²) < 4.78 is 57.2. The highest BCUT2D eigenvalue weighted by molar-refractivity contribution is 5.96. The Morgan fingerprint density at radius 2 is 1.96 bits per heavy atom. The molecule has 4 rings (SSSR count). The average Bonchev–Trinajstić information content (AvgIpc) is 3.10. The first-order valence-corrected chi connectivity index (χ1v) is 8.41. The van der Waals surface area contributed by atoms with Crippen molar-refractivity contribution in [3.63, 3.8) is 0 Å². The molecule has 1 aliphatic rings. The molecule has 0 atom stereocenters. The average molecular weight is 393 g/mol. The maximum atomic E-state index is 13.6. The molecule has 0 fully saturated rings. The predicted octanol–water partition coefficient (Wildman–Crippen LogP) is 3.36. The van der Waals surface area contributed by atoms with Crippen LogP contribution in [0.15, 0.2) is 30.5 Å². The second-order valence-electron chi connectivity index (χ2n) is 5.90. The first-order valence-electron chi connectivity index (χ1n) is 8.41. The van der Waals surface area contributed by atoms with E-state index in [0.717, 1.165) is 12.3 Å². The number of nitrogens with zero attached hydrogens (tertiary/aromatic N) is 3. The fourth-order valence-electron chi connectivity index (χ4n) is 2.87. The smallest absolute Gasteiger partial charge is 0.433 e. The Balaban J connectivity index is 1.91. The van der Waals surface area contributed by atoms with Gasteiger partial charge in [0.15, 0.2) is 22.8 Å². The van der Waals surface area contributed by atoms with Gasteiger partial charge < -0.3 is 14.2 Å². The zero-order valence-electron chi connectivity index (χ0n) is 14.6. The number of rotatable bonds is 3. The molecule has 7 nitrogen and oxygen atoms in total. The number of hydrogen-bond donors (Lipinski definition) is 0. The van der Waals surface area contributed by atoms with Gasteiger partial charge in [0.2, 0.25) is 0 Å². The molecule has 0 radical (unpaired) electrons. The highest BCUT2D eigenvalue weighted by atomic mass is 19.4. The maximum absolute atomic E-state index is 13.6. The van der Waals surface area contributed by atoms with E-state index in [9.17, 15) is 18.0 Å². The van der Waals surface area contributed by atoms with Gasteiger partial charge in [-0.15, -0.1) is 0 Å². The third-order valence-electron chi connectivity index (χ3n) is 4.10. The fraction of sp³-hybridized carbons (Fsp3) is 0.278. The number of esters is 1. The summed E-state index contributed by atoms with van der Waals surface area (Å²) in [5.41, 5.74) is -1.04. The number of hydrogen-bond acceptors (Lipinski definition) is 6. The molecule has 0 bridgehead atoms. The summed E-state index contributed by atoms with van der Waals surface area (Å²) in [5, 5.41) is 3.68. The summed E-state index contributed by atoms with van der Waals surface area (Å²) in [6.07, 6.45) is -3.69. The topological polar surface area (TPSA) is 75.0 Å². The lowest BCUT2D eigenvalue weighted by atomic mass is 10.1. The van der Waals surface area contributed by atoms with Gasteiger partial charge in [-0.1, -0.05) is 0 Å². The number of carbonyl (C=O) groups excluding carboxylic acids is 1. The lowest BCUT2D eigenvalue weighted by Gasteiger charge is -2.19. The summed E-state index contributed by atoms with van der Waals surface area (Å²) in [7, 11) is 0. The number of aromatic nitrogens is 3. The quantitative estimate of drug-likeness (QED) is 0.636. The zero-order chi connectivity index (χ0) is 19.9. The summed E-state index contributed by atoms with van der Waals surface area (Å²) in [6.45, 7) is 2.41. The van der Waals surface area contributed by atoms with Crippen LogP contribution in [0.4, 0.5) is 13.2 Å². The van der Waals surface area contributed by atoms with Crippen molar-refractivity contribution in [1.29, 1.82) is 0 Å². The van der Waals surface area contributed by atoms with E-state index >= 15 is 0 Å². The Hall–Kier alpha value is -3.30. The number of ether oxygens (including phenoxy) is 3. The minimum absolute atomic E-state index is 0.0165. The molecule has 0 saturated heterocycles. The Kier molecular flexibility index (Phi) is 4.33. The zero-order valence-corrected chi connectivity index (χ0v) is 14.6. The number of fused-ring (bicyclic) bond motifs is 2. The molecule has 3 heterocycles. The minimum Gasteiger partial charge on any atom is -0.486 e. The van der Waals surface area contributed by atoms with E-state index in [2.05, 4.69) is 10.1 Å². The van der Waals surface area contributed by atoms with Gasteiger partial charge in [-0.2, -0.15) is 18.3 Å². The number of alkyl halides is 3. The van der Waals surface area contributed by atoms with Gasteiger partial charge in [0.05, 0.1) is 18.5 Å². The van der Waals surface area contributed by atoms with Gasteiger partial charge in [0.25, 0.3) is 0 Å². The number of carbonyl (C=O) groups is 1. The molecule has 0 unspecified atom stereocenters. The van der Waals surface area contributed by atoms with Crippen molar-refractivity contribution in [3.05, 3.63) is 41.7 Å². The lowest BCUT2D eigenvalue weighted by Crippen LogP contribution is -2.16. The van der Waals surface area contributed by atoms with Crippen LogP contribution in [0, 0.1) is 0 Å². The van der Waals surface area contributed by atoms with E-state index in [1.165, 1.54) is 0 Å². The molecule has 0 amide bonds. The first-order chi connectivity index (χ1) is 13.4. The van der Waals surface area contributed by atoms with Crippen LogP contribution in [0.25, 0.3) is 16.9 Å². The SMILES string of the molecule is CCOC(=O)c1cnn2c(C(F)(F)F)cc(-c3ccc4c(c3)OCCO4)nc12. The molecule has 1 aliphatic heterocycles. The molecule has 28 heavy (non-hydrogen) atoms. The van der Waals surface area contributed by atoms with Crippen molar-refractivity contribution >= 4 is 11.6 Å². The second kappa shape index (κ2) is 6.70. The van der Waals surface area contributed by atoms with E-state index in [-0.39, 0.29) is 23.5 Å². The Bertz CT molecular complexity index is 1060. The van der Waals surface area contributed by atoms with Crippen molar-refractivity contribution in [3.8, 4) is 22.8 Å². The predicted molar refractivity (Wildman–Crippen MR) is 90.4 cm³/mol. The van der Waals surface area contributed by atoms with Gasteiger partial charge in [-0.25, -0.2) is 14.3 Å². The van der Waals surface area contributed by atoms with Gasteiger partial charge in [-0.3, -0.25) is 0 Å². The van der Waals surface area contributed by atoms with Crippen LogP contribution < -0.4 is 9.47 Å². The molecule has 0 spiro atoms. The molecule has 2 aromatic heterocycles. The fourth-order valence-corrected chi connectivity index (χ4v) is 2.87. The largest absolute Gasteiger partial charge is 0.486 e.